The fraction of sp³-hybridized carbons (Fsp3) is 0.300. The molecule has 0 radical (unpaired) electrons. The molecule has 2 aromatic rings. The lowest BCUT2D eigenvalue weighted by atomic mass is 10.3. The number of aromatic nitrogens is 4. The lowest BCUT2D eigenvalue weighted by Gasteiger charge is -2.01. The number of hydrogen-bond acceptors (Lipinski definition) is 4. The van der Waals surface area contributed by atoms with Crippen LogP contribution in [0.5, 0.6) is 5.88 Å². The summed E-state index contributed by atoms with van der Waals surface area (Å²) in [5, 5.41) is 16.8. The van der Waals surface area contributed by atoms with Gasteiger partial charge in [-0.3, -0.25) is 0 Å². The molecular formula is C10H9F2N5O. The first-order valence-electron chi connectivity index (χ1n) is 4.97. The van der Waals surface area contributed by atoms with Crippen LogP contribution < -0.4 is 4.74 Å². The Kier molecular flexibility index (Phi) is 2.97. The average Bonchev–Trinajstić information content (AvgIpc) is 2.82. The molecule has 0 aromatic carbocycles. The van der Waals surface area contributed by atoms with Crippen LogP contribution in [0.2, 0.25) is 0 Å². The minimum atomic E-state index is -2.92. The summed E-state index contributed by atoms with van der Waals surface area (Å²) in [6, 6.07) is 3.30. The molecule has 0 bridgehead atoms. The van der Waals surface area contributed by atoms with Crippen molar-refractivity contribution in [1.82, 2.24) is 19.6 Å². The largest absolute Gasteiger partial charge is 0.417 e. The van der Waals surface area contributed by atoms with Crippen LogP contribution in [0, 0.1) is 18.3 Å². The summed E-state index contributed by atoms with van der Waals surface area (Å²) in [5.41, 5.74) is 0.983. The molecule has 0 spiro atoms. The molecule has 0 saturated carbocycles. The summed E-state index contributed by atoms with van der Waals surface area (Å²) in [4.78, 5) is 0. The third kappa shape index (κ3) is 2.02. The number of halogens is 2. The minimum absolute atomic E-state index is 0.0755. The second kappa shape index (κ2) is 4.44. The van der Waals surface area contributed by atoms with Crippen molar-refractivity contribution in [3.8, 4) is 17.8 Å². The summed E-state index contributed by atoms with van der Waals surface area (Å²) in [6.45, 7) is -1.23. The second-order valence-corrected chi connectivity index (χ2v) is 3.51. The van der Waals surface area contributed by atoms with Gasteiger partial charge in [-0.25, -0.2) is 9.36 Å². The number of hydrogen-bond donors (Lipinski definition) is 0. The van der Waals surface area contributed by atoms with Gasteiger partial charge in [0, 0.05) is 13.1 Å². The standard InChI is InChI=1S/C10H9F2N5O/c1-6-7(4-13)5-14-17(6)8-3-9(16(2)15-8)18-10(11)12/h3,5,10H,1-2H3. The molecule has 0 aliphatic heterocycles. The molecule has 0 aliphatic rings. The number of nitriles is 1. The second-order valence-electron chi connectivity index (χ2n) is 3.51. The van der Waals surface area contributed by atoms with E-state index >= 15 is 0 Å². The maximum Gasteiger partial charge on any atom is 0.388 e. The molecular weight excluding hydrogens is 244 g/mol. The van der Waals surface area contributed by atoms with Gasteiger partial charge in [-0.1, -0.05) is 0 Å². The minimum Gasteiger partial charge on any atom is -0.417 e. The molecule has 0 aliphatic carbocycles. The third-order valence-corrected chi connectivity index (χ3v) is 2.38. The van der Waals surface area contributed by atoms with E-state index in [-0.39, 0.29) is 5.88 Å². The maximum atomic E-state index is 12.1. The highest BCUT2D eigenvalue weighted by Crippen LogP contribution is 2.19. The van der Waals surface area contributed by atoms with Crippen molar-refractivity contribution in [2.24, 2.45) is 7.05 Å². The van der Waals surface area contributed by atoms with Gasteiger partial charge in [0.25, 0.3) is 0 Å². The molecule has 2 heterocycles. The Hall–Kier alpha value is -2.43. The highest BCUT2D eigenvalue weighted by Gasteiger charge is 2.15. The third-order valence-electron chi connectivity index (χ3n) is 2.38. The zero-order valence-electron chi connectivity index (χ0n) is 9.63. The Morgan fingerprint density at radius 2 is 2.22 bits per heavy atom. The average molecular weight is 253 g/mol. The summed E-state index contributed by atoms with van der Waals surface area (Å²) >= 11 is 0. The molecule has 2 rings (SSSR count). The summed E-state index contributed by atoms with van der Waals surface area (Å²) in [6.07, 6.45) is 1.39. The molecule has 2 aromatic heterocycles. The maximum absolute atomic E-state index is 12.1. The zero-order chi connectivity index (χ0) is 13.3. The van der Waals surface area contributed by atoms with E-state index in [1.54, 1.807) is 6.92 Å². The van der Waals surface area contributed by atoms with Gasteiger partial charge in [-0.05, 0) is 6.92 Å². The van der Waals surface area contributed by atoms with Crippen LogP contribution in [0.25, 0.3) is 5.82 Å². The first-order chi connectivity index (χ1) is 8.52. The van der Waals surface area contributed by atoms with Crippen LogP contribution in [-0.4, -0.2) is 26.2 Å². The summed E-state index contributed by atoms with van der Waals surface area (Å²) in [7, 11) is 1.48. The monoisotopic (exact) mass is 253 g/mol. The topological polar surface area (TPSA) is 68.7 Å². The predicted molar refractivity (Wildman–Crippen MR) is 56.4 cm³/mol. The van der Waals surface area contributed by atoms with Gasteiger partial charge in [0.15, 0.2) is 5.82 Å². The van der Waals surface area contributed by atoms with Crippen molar-refractivity contribution in [1.29, 1.82) is 5.26 Å². The fourth-order valence-electron chi connectivity index (χ4n) is 1.49. The molecule has 8 heteroatoms. The molecule has 0 fully saturated rings. The molecule has 0 amide bonds. The molecule has 0 unspecified atom stereocenters. The molecule has 0 saturated heterocycles. The molecule has 6 nitrogen and oxygen atoms in total. The van der Waals surface area contributed by atoms with Crippen LogP contribution in [0.3, 0.4) is 0 Å². The van der Waals surface area contributed by atoms with Crippen LogP contribution in [0.15, 0.2) is 12.3 Å². The van der Waals surface area contributed by atoms with Crippen LogP contribution in [-0.2, 0) is 7.05 Å². The van der Waals surface area contributed by atoms with E-state index in [9.17, 15) is 8.78 Å². The molecule has 18 heavy (non-hydrogen) atoms. The summed E-state index contributed by atoms with van der Waals surface area (Å²) in [5.74, 6) is 0.237. The predicted octanol–water partition coefficient (Wildman–Crippen LogP) is 1.39. The van der Waals surface area contributed by atoms with Crippen molar-refractivity contribution in [2.75, 3.05) is 0 Å². The Balaban J connectivity index is 2.40. The lowest BCUT2D eigenvalue weighted by molar-refractivity contribution is -0.0553. The van der Waals surface area contributed by atoms with Gasteiger partial charge in [-0.2, -0.15) is 19.1 Å². The number of alkyl halides is 2. The van der Waals surface area contributed by atoms with Gasteiger partial charge in [0.1, 0.15) is 6.07 Å². The van der Waals surface area contributed by atoms with E-state index in [2.05, 4.69) is 14.9 Å². The van der Waals surface area contributed by atoms with Gasteiger partial charge in [-0.15, -0.1) is 5.10 Å². The van der Waals surface area contributed by atoms with Crippen LogP contribution in [0.1, 0.15) is 11.3 Å². The highest BCUT2D eigenvalue weighted by molar-refractivity contribution is 5.37. The van der Waals surface area contributed by atoms with Gasteiger partial charge in [0.2, 0.25) is 5.88 Å². The van der Waals surface area contributed by atoms with E-state index in [1.807, 2.05) is 6.07 Å². The fourth-order valence-corrected chi connectivity index (χ4v) is 1.49. The van der Waals surface area contributed by atoms with Crippen molar-refractivity contribution >= 4 is 0 Å². The Bertz CT molecular complexity index is 610. The Morgan fingerprint density at radius 1 is 1.50 bits per heavy atom. The number of aryl methyl sites for hydroxylation is 1. The SMILES string of the molecule is Cc1c(C#N)cnn1-c1cc(OC(F)F)n(C)n1. The Morgan fingerprint density at radius 3 is 2.78 bits per heavy atom. The lowest BCUT2D eigenvalue weighted by Crippen LogP contribution is -2.06. The van der Waals surface area contributed by atoms with Crippen molar-refractivity contribution in [3.63, 3.8) is 0 Å². The van der Waals surface area contributed by atoms with Crippen LogP contribution >= 0.6 is 0 Å². The van der Waals surface area contributed by atoms with E-state index in [0.29, 0.717) is 17.1 Å². The number of rotatable bonds is 3. The molecule has 0 N–H and O–H groups in total. The van der Waals surface area contributed by atoms with Gasteiger partial charge in [0.05, 0.1) is 17.5 Å². The van der Waals surface area contributed by atoms with Crippen molar-refractivity contribution in [2.45, 2.75) is 13.5 Å². The first-order valence-corrected chi connectivity index (χ1v) is 4.97. The van der Waals surface area contributed by atoms with Crippen LogP contribution in [0.4, 0.5) is 8.78 Å². The summed E-state index contributed by atoms with van der Waals surface area (Å²) < 4.78 is 31.1. The zero-order valence-corrected chi connectivity index (χ0v) is 9.63. The van der Waals surface area contributed by atoms with E-state index in [1.165, 1.54) is 28.7 Å². The smallest absolute Gasteiger partial charge is 0.388 e. The van der Waals surface area contributed by atoms with Gasteiger partial charge < -0.3 is 4.74 Å². The van der Waals surface area contributed by atoms with Crippen molar-refractivity contribution < 1.29 is 13.5 Å². The molecule has 94 valence electrons. The van der Waals surface area contributed by atoms with Crippen molar-refractivity contribution in [3.05, 3.63) is 23.5 Å². The highest BCUT2D eigenvalue weighted by atomic mass is 19.3. The van der Waals surface area contributed by atoms with E-state index in [4.69, 9.17) is 5.26 Å². The molecule has 0 atom stereocenters. The van der Waals surface area contributed by atoms with E-state index in [0.717, 1.165) is 0 Å². The number of nitrogens with zero attached hydrogens (tertiary/aromatic N) is 5. The normalized spacial score (nSPS) is 10.7. The van der Waals surface area contributed by atoms with E-state index < -0.39 is 6.61 Å². The first kappa shape index (κ1) is 12.0. The Labute approximate surface area is 101 Å². The quantitative estimate of drug-likeness (QED) is 0.828. The van der Waals surface area contributed by atoms with Gasteiger partial charge >= 0.3 is 6.61 Å². The number of ether oxygens (including phenoxy) is 1.